The topological polar surface area (TPSA) is 69.4 Å². The first kappa shape index (κ1) is 13.5. The van der Waals surface area contributed by atoms with Gasteiger partial charge in [0.15, 0.2) is 5.78 Å². The van der Waals surface area contributed by atoms with Gasteiger partial charge in [-0.05, 0) is 19.9 Å². The van der Waals surface area contributed by atoms with Crippen molar-refractivity contribution in [3.8, 4) is 0 Å². The summed E-state index contributed by atoms with van der Waals surface area (Å²) < 4.78 is 4.86. The van der Waals surface area contributed by atoms with Crippen molar-refractivity contribution in [3.63, 3.8) is 0 Å². The minimum atomic E-state index is -0.843. The molecule has 0 heterocycles. The molecule has 0 spiro atoms. The Kier molecular flexibility index (Phi) is 4.52. The number of nitrogens with two attached hydrogens (primary N) is 1. The fraction of sp³-hybridized carbons (Fsp3) is 0.333. The third kappa shape index (κ3) is 2.97. The fourth-order valence-corrected chi connectivity index (χ4v) is 1.60. The first-order chi connectivity index (χ1) is 7.99. The highest BCUT2D eigenvalue weighted by Gasteiger charge is 2.20. The Labute approximate surface area is 105 Å². The molecule has 0 bridgehead atoms. The van der Waals surface area contributed by atoms with Crippen LogP contribution in [-0.4, -0.2) is 18.4 Å². The lowest BCUT2D eigenvalue weighted by atomic mass is 10.0. The van der Waals surface area contributed by atoms with Crippen LogP contribution in [0.15, 0.2) is 18.2 Å². The van der Waals surface area contributed by atoms with Crippen LogP contribution in [-0.2, 0) is 9.53 Å². The summed E-state index contributed by atoms with van der Waals surface area (Å²) in [6, 6.07) is 4.79. The van der Waals surface area contributed by atoms with Gasteiger partial charge in [0, 0.05) is 5.56 Å². The van der Waals surface area contributed by atoms with Gasteiger partial charge in [-0.25, -0.2) is 4.79 Å². The Hall–Kier alpha value is -1.55. The molecule has 0 aromatic heterocycles. The summed E-state index contributed by atoms with van der Waals surface area (Å²) in [5.41, 5.74) is 6.68. The van der Waals surface area contributed by atoms with Crippen molar-refractivity contribution in [2.75, 3.05) is 12.3 Å². The number of halogens is 1. The summed E-state index contributed by atoms with van der Waals surface area (Å²) >= 11 is 5.92. The molecular formula is C12H14ClNO3. The number of ether oxygens (including phenoxy) is 1. The number of alkyl halides is 1. The number of ketones is 1. The first-order valence-corrected chi connectivity index (χ1v) is 5.62. The Morgan fingerprint density at radius 2 is 2.12 bits per heavy atom. The standard InChI is InChI=1S/C12H14ClNO3/c1-3-17-12(16)9-6-4-5-8(11(9)14)10(13)7(2)15/h4-6,10H,3,14H2,1-2H3. The maximum absolute atomic E-state index is 11.6. The molecule has 1 rings (SSSR count). The summed E-state index contributed by atoms with van der Waals surface area (Å²) in [5.74, 6) is -0.737. The van der Waals surface area contributed by atoms with Crippen LogP contribution < -0.4 is 5.73 Å². The van der Waals surface area contributed by atoms with Crippen molar-refractivity contribution in [1.29, 1.82) is 0 Å². The molecule has 1 atom stereocenters. The Balaban J connectivity index is 3.15. The van der Waals surface area contributed by atoms with E-state index in [1.807, 2.05) is 0 Å². The van der Waals surface area contributed by atoms with Crippen molar-refractivity contribution < 1.29 is 14.3 Å². The number of esters is 1. The van der Waals surface area contributed by atoms with Gasteiger partial charge < -0.3 is 10.5 Å². The number of nitrogen functional groups attached to an aromatic ring is 1. The van der Waals surface area contributed by atoms with Crippen molar-refractivity contribution >= 4 is 29.0 Å². The zero-order valence-electron chi connectivity index (χ0n) is 9.70. The molecule has 0 saturated heterocycles. The number of hydrogen-bond acceptors (Lipinski definition) is 4. The highest BCUT2D eigenvalue weighted by Crippen LogP contribution is 2.29. The van der Waals surface area contributed by atoms with Crippen molar-refractivity contribution in [3.05, 3.63) is 29.3 Å². The third-order valence-electron chi connectivity index (χ3n) is 2.27. The van der Waals surface area contributed by atoms with Crippen molar-refractivity contribution in [2.24, 2.45) is 0 Å². The van der Waals surface area contributed by atoms with Crippen molar-refractivity contribution in [2.45, 2.75) is 19.2 Å². The molecule has 0 amide bonds. The molecule has 5 heteroatoms. The molecule has 0 aliphatic rings. The number of anilines is 1. The number of carbonyl (C=O) groups excluding carboxylic acids is 2. The Morgan fingerprint density at radius 1 is 1.47 bits per heavy atom. The number of Topliss-reactive ketones (excluding diaryl/α,β-unsaturated/α-hetero) is 1. The van der Waals surface area contributed by atoms with Gasteiger partial charge in [-0.15, -0.1) is 11.6 Å². The maximum Gasteiger partial charge on any atom is 0.340 e. The molecule has 1 aromatic carbocycles. The smallest absolute Gasteiger partial charge is 0.340 e. The summed E-state index contributed by atoms with van der Waals surface area (Å²) in [5, 5.41) is -0.843. The predicted octanol–water partition coefficient (Wildman–Crippen LogP) is 2.31. The SMILES string of the molecule is CCOC(=O)c1cccc(C(Cl)C(C)=O)c1N. The van der Waals surface area contributed by atoms with Gasteiger partial charge in [-0.3, -0.25) is 4.79 Å². The van der Waals surface area contributed by atoms with Gasteiger partial charge in [0.2, 0.25) is 0 Å². The summed E-state index contributed by atoms with van der Waals surface area (Å²) in [6.07, 6.45) is 0. The second-order valence-corrected chi connectivity index (χ2v) is 3.94. The third-order valence-corrected chi connectivity index (χ3v) is 2.81. The van der Waals surface area contributed by atoms with Crippen LogP contribution in [0.4, 0.5) is 5.69 Å². The predicted molar refractivity (Wildman–Crippen MR) is 66.1 cm³/mol. The number of benzene rings is 1. The molecule has 0 aliphatic heterocycles. The summed E-state index contributed by atoms with van der Waals surface area (Å²) in [4.78, 5) is 22.8. The van der Waals surface area contributed by atoms with Gasteiger partial charge in [0.1, 0.15) is 5.38 Å². The molecular weight excluding hydrogens is 242 g/mol. The number of carbonyl (C=O) groups is 2. The van der Waals surface area contributed by atoms with E-state index < -0.39 is 11.3 Å². The van der Waals surface area contributed by atoms with Crippen LogP contribution >= 0.6 is 11.6 Å². The van der Waals surface area contributed by atoms with Crippen LogP contribution in [0.1, 0.15) is 35.1 Å². The molecule has 4 nitrogen and oxygen atoms in total. The van der Waals surface area contributed by atoms with E-state index in [0.29, 0.717) is 5.56 Å². The van der Waals surface area contributed by atoms with E-state index >= 15 is 0 Å². The zero-order chi connectivity index (χ0) is 13.0. The van der Waals surface area contributed by atoms with Crippen LogP contribution in [0.25, 0.3) is 0 Å². The highest BCUT2D eigenvalue weighted by molar-refractivity contribution is 6.31. The number of rotatable bonds is 4. The average molecular weight is 256 g/mol. The molecule has 92 valence electrons. The molecule has 2 N–H and O–H groups in total. The van der Waals surface area contributed by atoms with Gasteiger partial charge >= 0.3 is 5.97 Å². The van der Waals surface area contributed by atoms with Crippen LogP contribution in [0.5, 0.6) is 0 Å². The Bertz CT molecular complexity index is 445. The van der Waals surface area contributed by atoms with Crippen LogP contribution in [0.2, 0.25) is 0 Å². The second kappa shape index (κ2) is 5.68. The van der Waals surface area contributed by atoms with E-state index in [1.165, 1.54) is 6.92 Å². The van der Waals surface area contributed by atoms with Gasteiger partial charge in [-0.2, -0.15) is 0 Å². The Morgan fingerprint density at radius 3 is 2.65 bits per heavy atom. The quantitative estimate of drug-likeness (QED) is 0.509. The lowest BCUT2D eigenvalue weighted by Crippen LogP contribution is -2.12. The van der Waals surface area contributed by atoms with Gasteiger partial charge in [0.05, 0.1) is 17.9 Å². The number of para-hydroxylation sites is 1. The lowest BCUT2D eigenvalue weighted by Gasteiger charge is -2.12. The molecule has 0 fully saturated rings. The average Bonchev–Trinajstić information content (AvgIpc) is 2.28. The molecule has 0 saturated carbocycles. The van der Waals surface area contributed by atoms with Gasteiger partial charge in [-0.1, -0.05) is 12.1 Å². The van der Waals surface area contributed by atoms with E-state index in [4.69, 9.17) is 22.1 Å². The zero-order valence-corrected chi connectivity index (χ0v) is 10.5. The minimum Gasteiger partial charge on any atom is -0.462 e. The molecule has 0 radical (unpaired) electrons. The molecule has 0 aliphatic carbocycles. The van der Waals surface area contributed by atoms with E-state index in [0.717, 1.165) is 0 Å². The fourth-order valence-electron chi connectivity index (χ4n) is 1.41. The summed E-state index contributed by atoms with van der Waals surface area (Å²) in [7, 11) is 0. The molecule has 1 aromatic rings. The summed E-state index contributed by atoms with van der Waals surface area (Å²) in [6.45, 7) is 3.34. The first-order valence-electron chi connectivity index (χ1n) is 5.19. The minimum absolute atomic E-state index is 0.196. The maximum atomic E-state index is 11.6. The van der Waals surface area contributed by atoms with E-state index in [1.54, 1.807) is 25.1 Å². The number of hydrogen-bond donors (Lipinski definition) is 1. The van der Waals surface area contributed by atoms with E-state index in [2.05, 4.69) is 0 Å². The van der Waals surface area contributed by atoms with E-state index in [-0.39, 0.29) is 23.6 Å². The van der Waals surface area contributed by atoms with Crippen LogP contribution in [0.3, 0.4) is 0 Å². The van der Waals surface area contributed by atoms with Crippen LogP contribution in [0, 0.1) is 0 Å². The highest BCUT2D eigenvalue weighted by atomic mass is 35.5. The largest absolute Gasteiger partial charge is 0.462 e. The normalized spacial score (nSPS) is 11.9. The van der Waals surface area contributed by atoms with Crippen molar-refractivity contribution in [1.82, 2.24) is 0 Å². The second-order valence-electron chi connectivity index (χ2n) is 3.50. The molecule has 1 unspecified atom stereocenters. The monoisotopic (exact) mass is 255 g/mol. The van der Waals surface area contributed by atoms with Gasteiger partial charge in [0.25, 0.3) is 0 Å². The van der Waals surface area contributed by atoms with E-state index in [9.17, 15) is 9.59 Å². The molecule has 17 heavy (non-hydrogen) atoms. The lowest BCUT2D eigenvalue weighted by molar-refractivity contribution is -0.116.